The number of esters is 6. The third kappa shape index (κ3) is 11.9. The van der Waals surface area contributed by atoms with E-state index in [4.69, 9.17) is 28.4 Å². The molecule has 0 aliphatic carbocycles. The van der Waals surface area contributed by atoms with Crippen molar-refractivity contribution in [3.63, 3.8) is 0 Å². The van der Waals surface area contributed by atoms with E-state index >= 15 is 0 Å². The molecule has 0 amide bonds. The first-order valence-corrected chi connectivity index (χ1v) is 20.6. The Morgan fingerprint density at radius 3 is 1.10 bits per heavy atom. The lowest BCUT2D eigenvalue weighted by Gasteiger charge is -2.47. The Morgan fingerprint density at radius 2 is 0.800 bits per heavy atom. The molecule has 330 valence electrons. The molecule has 4 aliphatic heterocycles. The molecule has 0 aromatic heterocycles. The van der Waals surface area contributed by atoms with Crippen molar-refractivity contribution in [3.8, 4) is 23.0 Å². The van der Waals surface area contributed by atoms with Crippen LogP contribution in [0.5, 0.6) is 23.0 Å². The van der Waals surface area contributed by atoms with Crippen LogP contribution in [0, 0.1) is 0 Å². The number of carbonyl (C=O) groups excluding carboxylic acids is 6. The number of halogens is 2. The molecule has 4 unspecified atom stereocenters. The van der Waals surface area contributed by atoms with Crippen LogP contribution in [0.2, 0.25) is 0 Å². The summed E-state index contributed by atoms with van der Waals surface area (Å²) in [5, 5.41) is 0. The van der Waals surface area contributed by atoms with E-state index in [1.165, 1.54) is 27.7 Å². The lowest BCUT2D eigenvalue weighted by Crippen LogP contribution is -3.00. The number of benzene rings is 2. The summed E-state index contributed by atoms with van der Waals surface area (Å²) in [5.74, 6) is -1.85. The smallest absolute Gasteiger partial charge is 0.308 e. The molecule has 0 N–H and O–H groups in total. The van der Waals surface area contributed by atoms with Gasteiger partial charge in [-0.1, -0.05) is 12.1 Å². The number of nitrogens with zero attached hydrogens (tertiary/aromatic N) is 2. The van der Waals surface area contributed by atoms with Crippen LogP contribution in [0.15, 0.2) is 36.4 Å². The maximum Gasteiger partial charge on any atom is 0.308 e. The zero-order valence-electron chi connectivity index (χ0n) is 35.4. The second-order valence-corrected chi connectivity index (χ2v) is 17.0. The second kappa shape index (κ2) is 20.8. The minimum Gasteiger partial charge on any atom is -1.00 e. The van der Waals surface area contributed by atoms with Gasteiger partial charge in [0.15, 0.2) is 23.0 Å². The number of carbonyl (C=O) groups is 6. The van der Waals surface area contributed by atoms with Crippen molar-refractivity contribution >= 4 is 35.8 Å². The van der Waals surface area contributed by atoms with E-state index in [9.17, 15) is 28.8 Å². The molecule has 16 heteroatoms. The molecule has 0 radical (unpaired) electrons. The molecular weight excluding hydrogens is 908 g/mol. The molecule has 0 saturated carbocycles. The molecule has 14 nitrogen and oxygen atoms in total. The minimum absolute atomic E-state index is 0. The van der Waals surface area contributed by atoms with Crippen LogP contribution in [0.4, 0.5) is 0 Å². The number of hydrogen-bond acceptors (Lipinski definition) is 12. The Morgan fingerprint density at radius 1 is 0.500 bits per heavy atom. The third-order valence-electron chi connectivity index (χ3n) is 13.1. The number of ether oxygens (including phenoxy) is 6. The first kappa shape index (κ1) is 48.8. The molecule has 4 fully saturated rings. The summed E-state index contributed by atoms with van der Waals surface area (Å²) in [6, 6.07) is 12.0. The third-order valence-corrected chi connectivity index (χ3v) is 13.1. The first-order valence-electron chi connectivity index (χ1n) is 20.6. The van der Waals surface area contributed by atoms with E-state index in [1.54, 1.807) is 24.3 Å². The molecule has 0 spiro atoms. The summed E-state index contributed by atoms with van der Waals surface area (Å²) >= 11 is 0. The van der Waals surface area contributed by atoms with Crippen LogP contribution in [0.25, 0.3) is 0 Å². The fourth-order valence-corrected chi connectivity index (χ4v) is 10.1. The Balaban J connectivity index is 0.00000397. The van der Waals surface area contributed by atoms with Crippen LogP contribution in [0.1, 0.15) is 103 Å². The normalized spacial score (nSPS) is 27.3. The topological polar surface area (TPSA) is 158 Å². The molecule has 2 aromatic carbocycles. The highest BCUT2D eigenvalue weighted by atomic mass is 79.9. The van der Waals surface area contributed by atoms with Crippen LogP contribution in [-0.4, -0.2) is 108 Å². The van der Waals surface area contributed by atoms with Gasteiger partial charge in [0.2, 0.25) is 0 Å². The lowest BCUT2D eigenvalue weighted by atomic mass is 9.95. The van der Waals surface area contributed by atoms with Gasteiger partial charge in [0.25, 0.3) is 0 Å². The summed E-state index contributed by atoms with van der Waals surface area (Å²) in [6.45, 7) is 6.93. The molecule has 6 rings (SSSR count). The largest absolute Gasteiger partial charge is 1.00 e. The molecule has 60 heavy (non-hydrogen) atoms. The molecule has 4 heterocycles. The summed E-state index contributed by atoms with van der Waals surface area (Å²) in [7, 11) is 4.54. The lowest BCUT2D eigenvalue weighted by molar-refractivity contribution is -0.949. The predicted octanol–water partition coefficient (Wildman–Crippen LogP) is -0.672. The van der Waals surface area contributed by atoms with Gasteiger partial charge < -0.3 is 71.4 Å². The quantitative estimate of drug-likeness (QED) is 0.126. The van der Waals surface area contributed by atoms with Crippen LogP contribution < -0.4 is 52.9 Å². The highest BCUT2D eigenvalue weighted by molar-refractivity contribution is 5.78. The Hall–Kier alpha value is -3.86. The fourth-order valence-electron chi connectivity index (χ4n) is 10.1. The monoisotopic (exact) mass is 964 g/mol. The van der Waals surface area contributed by atoms with Crippen LogP contribution in [-0.2, 0) is 51.1 Å². The zero-order valence-corrected chi connectivity index (χ0v) is 38.5. The van der Waals surface area contributed by atoms with Gasteiger partial charge in [0.1, 0.15) is 12.2 Å². The number of quaternary nitrogens is 2. The van der Waals surface area contributed by atoms with Gasteiger partial charge in [0, 0.05) is 91.9 Å². The average molecular weight is 967 g/mol. The Bertz CT molecular complexity index is 1760. The minimum atomic E-state index is -0.495. The van der Waals surface area contributed by atoms with E-state index in [0.717, 1.165) is 97.4 Å². The van der Waals surface area contributed by atoms with Crippen molar-refractivity contribution in [2.45, 2.75) is 141 Å². The Labute approximate surface area is 373 Å². The van der Waals surface area contributed by atoms with Crippen molar-refractivity contribution in [1.82, 2.24) is 0 Å². The van der Waals surface area contributed by atoms with Gasteiger partial charge >= 0.3 is 35.8 Å². The number of fused-ring (bicyclic) bond motifs is 4. The van der Waals surface area contributed by atoms with E-state index in [-0.39, 0.29) is 93.9 Å². The van der Waals surface area contributed by atoms with Crippen molar-refractivity contribution in [2.75, 3.05) is 27.2 Å². The van der Waals surface area contributed by atoms with Gasteiger partial charge in [-0.15, -0.1) is 0 Å². The molecule has 2 aromatic rings. The maximum absolute atomic E-state index is 13.0. The van der Waals surface area contributed by atoms with Gasteiger partial charge in [-0.25, -0.2) is 0 Å². The molecule has 4 aliphatic rings. The van der Waals surface area contributed by atoms with E-state index in [2.05, 4.69) is 14.1 Å². The van der Waals surface area contributed by atoms with Gasteiger partial charge in [0.05, 0.1) is 64.2 Å². The van der Waals surface area contributed by atoms with Crippen molar-refractivity contribution in [3.05, 3.63) is 47.5 Å². The highest BCUT2D eigenvalue weighted by Crippen LogP contribution is 2.44. The summed E-state index contributed by atoms with van der Waals surface area (Å²) in [6.07, 6.45) is 8.35. The fraction of sp³-hybridized carbons (Fsp3) is 0.591. The number of rotatable bonds is 15. The predicted molar refractivity (Wildman–Crippen MR) is 209 cm³/mol. The zero-order chi connectivity index (χ0) is 41.8. The van der Waals surface area contributed by atoms with E-state index < -0.39 is 23.9 Å². The molecule has 8 atom stereocenters. The van der Waals surface area contributed by atoms with Gasteiger partial charge in [-0.05, 0) is 35.4 Å². The average Bonchev–Trinajstić information content (AvgIpc) is 3.37. The SMILES string of the molecule is CC(=O)Oc1ccc(CC[N+]2(C)[C@@H]3CC[C@H]2CC(OC(=O)CCC(=O)OC2C[C@H]4CC[C@@H](C2)[N+]4(C)CCc2ccc(OC(C)=O)c(OC(C)=O)c2)C3)cc1OC(C)=O.[Br-].[Br-]. The van der Waals surface area contributed by atoms with Crippen LogP contribution in [0.3, 0.4) is 0 Å². The van der Waals surface area contributed by atoms with Crippen molar-refractivity contribution in [1.29, 1.82) is 0 Å². The van der Waals surface area contributed by atoms with Crippen molar-refractivity contribution in [2.24, 2.45) is 0 Å². The number of likely N-dealkylation sites (N-methyl/N-ethyl adjacent to an activating group) is 2. The molecular formula is C44H58Br2N2O12. The highest BCUT2D eigenvalue weighted by Gasteiger charge is 2.53. The molecule has 4 saturated heterocycles. The standard InChI is InChI=1S/C44H58N2O12.2BrH/c1-27(47)53-39-13-7-31(21-41(39)55-29(3)49)17-19-45(5)33-9-10-34(45)24-37(23-33)57-43(51)15-16-44(52)58-38-25-35-11-12-36(26-38)46(35,6)20-18-32-8-14-40(54-28(2)48)42(22-32)56-30(4)50;;/h7-8,13-14,21-22,33-38H,9-12,15-20,23-26H2,1-6H3;2*1H/q+2;;/p-2/t33-,34+,35-,36+,37?,38?,45?,46?;;. The van der Waals surface area contributed by atoms with Crippen molar-refractivity contribution < 1.29 is 100 Å². The van der Waals surface area contributed by atoms with E-state index in [1.807, 2.05) is 12.1 Å². The summed E-state index contributed by atoms with van der Waals surface area (Å²) < 4.78 is 34.7. The van der Waals surface area contributed by atoms with E-state index in [0.29, 0.717) is 24.2 Å². The first-order chi connectivity index (χ1) is 27.5. The summed E-state index contributed by atoms with van der Waals surface area (Å²) in [4.78, 5) is 72.4. The second-order valence-electron chi connectivity index (χ2n) is 17.0. The number of hydrogen-bond donors (Lipinski definition) is 0. The molecule has 4 bridgehead atoms. The van der Waals surface area contributed by atoms with Gasteiger partial charge in [-0.2, -0.15) is 0 Å². The maximum atomic E-state index is 13.0. The Kier molecular flexibility index (Phi) is 16.9. The summed E-state index contributed by atoms with van der Waals surface area (Å²) in [5.41, 5.74) is 1.94. The van der Waals surface area contributed by atoms with Gasteiger partial charge in [-0.3, -0.25) is 28.8 Å². The van der Waals surface area contributed by atoms with Crippen LogP contribution >= 0.6 is 0 Å². The number of piperidine rings is 2.